The lowest BCUT2D eigenvalue weighted by molar-refractivity contribution is -0.942. The topological polar surface area (TPSA) is 0 Å². The normalized spacial score (nSPS) is 43.8. The monoisotopic (exact) mass is 248 g/mol. The largest absolute Gasteiger partial charge is 0.317 e. The summed E-state index contributed by atoms with van der Waals surface area (Å²) in [7, 11) is 2.55. The van der Waals surface area contributed by atoms with Crippen LogP contribution in [0.15, 0.2) is 11.1 Å². The Labute approximate surface area is 113 Å². The molecule has 1 saturated heterocycles. The SMILES string of the molecule is CCC[C@@H]1C[C@]2(C)C3=C(CCCC3)CC[N+]2(C)C1. The minimum atomic E-state index is 0.508. The number of fused-ring (bicyclic) bond motifs is 2. The van der Waals surface area contributed by atoms with E-state index in [2.05, 4.69) is 20.9 Å². The van der Waals surface area contributed by atoms with E-state index in [4.69, 9.17) is 0 Å². The number of hydrogen-bond acceptors (Lipinski definition) is 0. The average Bonchev–Trinajstić information content (AvgIpc) is 2.62. The van der Waals surface area contributed by atoms with Crippen molar-refractivity contribution in [3.8, 4) is 0 Å². The fourth-order valence-electron chi connectivity index (χ4n) is 5.28. The van der Waals surface area contributed by atoms with Crippen LogP contribution >= 0.6 is 0 Å². The van der Waals surface area contributed by atoms with Crippen LogP contribution in [0, 0.1) is 5.92 Å². The predicted octanol–water partition coefficient (Wildman–Crippen LogP) is 4.29. The molecule has 0 aromatic rings. The van der Waals surface area contributed by atoms with E-state index in [0.29, 0.717) is 5.54 Å². The van der Waals surface area contributed by atoms with Crippen molar-refractivity contribution in [1.82, 2.24) is 0 Å². The van der Waals surface area contributed by atoms with Gasteiger partial charge in [0.1, 0.15) is 5.54 Å². The molecule has 1 nitrogen and oxygen atoms in total. The van der Waals surface area contributed by atoms with Crippen molar-refractivity contribution in [2.45, 2.75) is 70.8 Å². The summed E-state index contributed by atoms with van der Waals surface area (Å²) >= 11 is 0. The van der Waals surface area contributed by atoms with E-state index in [9.17, 15) is 0 Å². The standard InChI is InChI=1S/C17H30N/c1-4-7-14-12-17(2)16-9-6-5-8-15(16)10-11-18(17,3)13-14/h14H,4-13H2,1-3H3/q+1/t14-,17-,18?/m1/s1. The molecule has 3 aliphatic rings. The zero-order valence-corrected chi connectivity index (χ0v) is 12.6. The van der Waals surface area contributed by atoms with E-state index in [-0.39, 0.29) is 0 Å². The van der Waals surface area contributed by atoms with Gasteiger partial charge in [-0.3, -0.25) is 0 Å². The van der Waals surface area contributed by atoms with Crippen molar-refractivity contribution in [3.05, 3.63) is 11.1 Å². The summed E-state index contributed by atoms with van der Waals surface area (Å²) in [6.45, 7) is 7.81. The number of quaternary nitrogens is 1. The van der Waals surface area contributed by atoms with E-state index in [1.54, 1.807) is 0 Å². The second-order valence-electron chi connectivity index (χ2n) is 7.47. The number of likely N-dealkylation sites (N-methyl/N-ethyl adjacent to an activating group) is 1. The lowest BCUT2D eigenvalue weighted by Crippen LogP contribution is -2.60. The zero-order valence-electron chi connectivity index (χ0n) is 12.6. The summed E-state index contributed by atoms with van der Waals surface area (Å²) in [4.78, 5) is 0. The maximum absolute atomic E-state index is 2.60. The van der Waals surface area contributed by atoms with E-state index in [1.165, 1.54) is 68.9 Å². The molecule has 1 heteroatoms. The lowest BCUT2D eigenvalue weighted by Gasteiger charge is -2.51. The molecule has 1 aliphatic carbocycles. The van der Waals surface area contributed by atoms with Crippen LogP contribution < -0.4 is 0 Å². The van der Waals surface area contributed by atoms with E-state index in [1.807, 2.05) is 11.1 Å². The highest BCUT2D eigenvalue weighted by Crippen LogP contribution is 2.52. The van der Waals surface area contributed by atoms with E-state index >= 15 is 0 Å². The predicted molar refractivity (Wildman–Crippen MR) is 77.4 cm³/mol. The second-order valence-corrected chi connectivity index (χ2v) is 7.47. The molecule has 102 valence electrons. The summed E-state index contributed by atoms with van der Waals surface area (Å²) in [5, 5.41) is 0. The molecule has 2 heterocycles. The van der Waals surface area contributed by atoms with Gasteiger partial charge < -0.3 is 4.48 Å². The van der Waals surface area contributed by atoms with Crippen molar-refractivity contribution in [1.29, 1.82) is 0 Å². The van der Waals surface area contributed by atoms with Gasteiger partial charge in [0.15, 0.2) is 0 Å². The Morgan fingerprint density at radius 1 is 1.22 bits per heavy atom. The van der Waals surface area contributed by atoms with Gasteiger partial charge in [0.25, 0.3) is 0 Å². The average molecular weight is 248 g/mol. The van der Waals surface area contributed by atoms with Crippen LogP contribution in [0.3, 0.4) is 0 Å². The molecule has 0 saturated carbocycles. The Morgan fingerprint density at radius 2 is 2.00 bits per heavy atom. The zero-order chi connectivity index (χ0) is 12.8. The highest BCUT2D eigenvalue weighted by molar-refractivity contribution is 5.29. The number of nitrogens with zero attached hydrogens (tertiary/aromatic N) is 1. The number of hydrogen-bond donors (Lipinski definition) is 0. The Hall–Kier alpha value is -0.300. The number of rotatable bonds is 2. The van der Waals surface area contributed by atoms with Crippen LogP contribution in [0.2, 0.25) is 0 Å². The minimum Gasteiger partial charge on any atom is -0.317 e. The van der Waals surface area contributed by atoms with Crippen LogP contribution in [0.1, 0.15) is 65.2 Å². The lowest BCUT2D eigenvalue weighted by atomic mass is 9.73. The Balaban J connectivity index is 1.94. The molecule has 1 unspecified atom stereocenters. The molecule has 0 N–H and O–H groups in total. The van der Waals surface area contributed by atoms with E-state index in [0.717, 1.165) is 5.92 Å². The molecule has 0 aromatic heterocycles. The van der Waals surface area contributed by atoms with Gasteiger partial charge >= 0.3 is 0 Å². The molecular weight excluding hydrogens is 218 g/mol. The Morgan fingerprint density at radius 3 is 2.78 bits per heavy atom. The molecule has 1 fully saturated rings. The van der Waals surface area contributed by atoms with Gasteiger partial charge in [0, 0.05) is 18.8 Å². The van der Waals surface area contributed by atoms with Gasteiger partial charge in [0.05, 0.1) is 20.1 Å². The van der Waals surface area contributed by atoms with Gasteiger partial charge in [-0.15, -0.1) is 0 Å². The summed E-state index contributed by atoms with van der Waals surface area (Å²) in [6, 6.07) is 0. The molecule has 0 aromatic carbocycles. The molecule has 3 atom stereocenters. The van der Waals surface area contributed by atoms with Crippen molar-refractivity contribution >= 4 is 0 Å². The van der Waals surface area contributed by atoms with Crippen molar-refractivity contribution in [2.24, 2.45) is 5.92 Å². The fraction of sp³-hybridized carbons (Fsp3) is 0.882. The summed E-state index contributed by atoms with van der Waals surface area (Å²) in [5.74, 6) is 0.985. The van der Waals surface area contributed by atoms with Gasteiger partial charge in [-0.25, -0.2) is 0 Å². The smallest absolute Gasteiger partial charge is 0.118 e. The molecular formula is C17H30N+. The third kappa shape index (κ3) is 1.70. The maximum Gasteiger partial charge on any atom is 0.118 e. The van der Waals surface area contributed by atoms with Crippen molar-refractivity contribution in [2.75, 3.05) is 20.1 Å². The van der Waals surface area contributed by atoms with Gasteiger partial charge in [-0.2, -0.15) is 0 Å². The second kappa shape index (κ2) is 4.37. The van der Waals surface area contributed by atoms with Crippen molar-refractivity contribution in [3.63, 3.8) is 0 Å². The molecule has 0 radical (unpaired) electrons. The molecule has 0 amide bonds. The first-order chi connectivity index (χ1) is 8.59. The van der Waals surface area contributed by atoms with Crippen LogP contribution in [-0.4, -0.2) is 30.2 Å². The first-order valence-electron chi connectivity index (χ1n) is 8.15. The highest BCUT2D eigenvalue weighted by atomic mass is 15.4. The van der Waals surface area contributed by atoms with Crippen molar-refractivity contribution < 1.29 is 4.48 Å². The Kier molecular flexibility index (Phi) is 3.09. The minimum absolute atomic E-state index is 0.508. The van der Waals surface area contributed by atoms with Gasteiger partial charge in [0.2, 0.25) is 0 Å². The van der Waals surface area contributed by atoms with Gasteiger partial charge in [-0.1, -0.05) is 18.9 Å². The molecule has 18 heavy (non-hydrogen) atoms. The van der Waals surface area contributed by atoms with Crippen LogP contribution in [0.4, 0.5) is 0 Å². The van der Waals surface area contributed by atoms with E-state index < -0.39 is 0 Å². The third-order valence-electron chi connectivity index (χ3n) is 6.38. The Bertz CT molecular complexity index is 370. The molecule has 3 rings (SSSR count). The van der Waals surface area contributed by atoms with Crippen LogP contribution in [-0.2, 0) is 0 Å². The highest BCUT2D eigenvalue weighted by Gasteiger charge is 2.56. The summed E-state index contributed by atoms with van der Waals surface area (Å²) < 4.78 is 1.36. The van der Waals surface area contributed by atoms with Crippen LogP contribution in [0.5, 0.6) is 0 Å². The quantitative estimate of drug-likeness (QED) is 0.505. The fourth-order valence-corrected chi connectivity index (χ4v) is 5.28. The summed E-state index contributed by atoms with van der Waals surface area (Å²) in [5.41, 5.74) is 4.28. The molecule has 0 spiro atoms. The molecule has 2 aliphatic heterocycles. The summed E-state index contributed by atoms with van der Waals surface area (Å²) in [6.07, 6.45) is 11.4. The first kappa shape index (κ1) is 12.7. The first-order valence-corrected chi connectivity index (χ1v) is 8.15. The molecule has 0 bridgehead atoms. The maximum atomic E-state index is 2.60. The van der Waals surface area contributed by atoms with Gasteiger partial charge in [-0.05, 0) is 44.6 Å². The third-order valence-corrected chi connectivity index (χ3v) is 6.38. The van der Waals surface area contributed by atoms with Crippen LogP contribution in [0.25, 0.3) is 0 Å².